The van der Waals surface area contributed by atoms with Gasteiger partial charge in [0.05, 0.1) is 0 Å². The fourth-order valence-corrected chi connectivity index (χ4v) is 0.940. The van der Waals surface area contributed by atoms with Crippen LogP contribution in [0.25, 0.3) is 0 Å². The Kier molecular flexibility index (Phi) is 6.10. The van der Waals surface area contributed by atoms with Gasteiger partial charge in [0, 0.05) is 19.0 Å². The van der Waals surface area contributed by atoms with Crippen molar-refractivity contribution in [1.82, 2.24) is 4.90 Å². The van der Waals surface area contributed by atoms with Crippen LogP contribution < -0.4 is 0 Å². The van der Waals surface area contributed by atoms with Gasteiger partial charge < -0.3 is 9.64 Å². The Bertz CT molecular complexity index is 337. The number of alkyl halides is 3. The summed E-state index contributed by atoms with van der Waals surface area (Å²) >= 11 is 0. The van der Waals surface area contributed by atoms with E-state index >= 15 is 0 Å². The molecule has 0 saturated carbocycles. The van der Waals surface area contributed by atoms with Crippen molar-refractivity contribution in [1.29, 1.82) is 0 Å². The van der Waals surface area contributed by atoms with Gasteiger partial charge in [-0.1, -0.05) is 5.92 Å². The standard InChI is InChI=1S/C10H12F3NO3/c1-3-14(4-2)8(15)9(16)17-7-5-6-10(11,12)13/h3-4,7H2,1-2H3. The molecule has 7 heteroatoms. The molecule has 0 rings (SSSR count). The third-order valence-electron chi connectivity index (χ3n) is 1.73. The molecule has 0 heterocycles. The maximum absolute atomic E-state index is 11.6. The highest BCUT2D eigenvalue weighted by molar-refractivity contribution is 6.32. The summed E-state index contributed by atoms with van der Waals surface area (Å²) in [6.07, 6.45) is -4.63. The molecule has 0 aromatic rings. The van der Waals surface area contributed by atoms with Crippen LogP contribution in [0.15, 0.2) is 0 Å². The second-order valence-corrected chi connectivity index (χ2v) is 2.85. The van der Waals surface area contributed by atoms with Crippen molar-refractivity contribution >= 4 is 11.9 Å². The molecule has 0 spiro atoms. The zero-order valence-corrected chi connectivity index (χ0v) is 9.43. The largest absolute Gasteiger partial charge is 0.457 e. The Balaban J connectivity index is 4.18. The molecule has 0 aliphatic heterocycles. The molecule has 0 aromatic heterocycles. The summed E-state index contributed by atoms with van der Waals surface area (Å²) in [6.45, 7) is 3.21. The molecular formula is C10H12F3NO3. The second kappa shape index (κ2) is 6.78. The molecular weight excluding hydrogens is 239 g/mol. The van der Waals surface area contributed by atoms with E-state index in [1.54, 1.807) is 19.8 Å². The van der Waals surface area contributed by atoms with Crippen LogP contribution in [0.5, 0.6) is 0 Å². The Morgan fingerprint density at radius 1 is 1.24 bits per heavy atom. The zero-order chi connectivity index (χ0) is 13.5. The lowest BCUT2D eigenvalue weighted by Gasteiger charge is -2.16. The van der Waals surface area contributed by atoms with Gasteiger partial charge in [-0.15, -0.1) is 0 Å². The van der Waals surface area contributed by atoms with Gasteiger partial charge in [0.25, 0.3) is 0 Å². The zero-order valence-electron chi connectivity index (χ0n) is 9.43. The Labute approximate surface area is 96.7 Å². The number of halogens is 3. The average molecular weight is 251 g/mol. The number of nitrogens with zero attached hydrogens (tertiary/aromatic N) is 1. The first-order chi connectivity index (χ1) is 7.81. The number of esters is 1. The minimum Gasteiger partial charge on any atom is -0.445 e. The van der Waals surface area contributed by atoms with Crippen LogP contribution in [0.1, 0.15) is 13.8 Å². The van der Waals surface area contributed by atoms with E-state index in [2.05, 4.69) is 4.74 Å². The fraction of sp³-hybridized carbons (Fsp3) is 0.600. The molecule has 0 fully saturated rings. The van der Waals surface area contributed by atoms with Gasteiger partial charge in [-0.3, -0.25) is 4.79 Å². The molecule has 96 valence electrons. The molecule has 0 bridgehead atoms. The molecule has 17 heavy (non-hydrogen) atoms. The van der Waals surface area contributed by atoms with Crippen LogP contribution in [0.2, 0.25) is 0 Å². The molecule has 0 radical (unpaired) electrons. The van der Waals surface area contributed by atoms with E-state index in [4.69, 9.17) is 0 Å². The first-order valence-electron chi connectivity index (χ1n) is 4.84. The van der Waals surface area contributed by atoms with Crippen molar-refractivity contribution in [3.63, 3.8) is 0 Å². The summed E-state index contributed by atoms with van der Waals surface area (Å²) in [4.78, 5) is 23.5. The van der Waals surface area contributed by atoms with Crippen molar-refractivity contribution < 1.29 is 27.5 Å². The summed E-state index contributed by atoms with van der Waals surface area (Å²) in [5.41, 5.74) is 0. The number of ether oxygens (including phenoxy) is 1. The van der Waals surface area contributed by atoms with E-state index in [1.165, 1.54) is 4.90 Å². The molecule has 1 amide bonds. The maximum Gasteiger partial charge on any atom is 0.457 e. The van der Waals surface area contributed by atoms with Crippen molar-refractivity contribution in [3.05, 3.63) is 0 Å². The highest BCUT2D eigenvalue weighted by Gasteiger charge is 2.23. The summed E-state index contributed by atoms with van der Waals surface area (Å²) < 4.78 is 39.0. The first kappa shape index (κ1) is 15.3. The number of likely N-dealkylation sites (N-methyl/N-ethyl adjacent to an activating group) is 1. The fourth-order valence-electron chi connectivity index (χ4n) is 0.940. The Morgan fingerprint density at radius 2 is 1.76 bits per heavy atom. The predicted molar refractivity (Wildman–Crippen MR) is 52.7 cm³/mol. The Morgan fingerprint density at radius 3 is 2.18 bits per heavy atom. The summed E-state index contributed by atoms with van der Waals surface area (Å²) in [5.74, 6) is 0.430. The Hall–Kier alpha value is -1.71. The van der Waals surface area contributed by atoms with E-state index < -0.39 is 24.7 Å². The topological polar surface area (TPSA) is 46.6 Å². The van der Waals surface area contributed by atoms with E-state index in [-0.39, 0.29) is 0 Å². The summed E-state index contributed by atoms with van der Waals surface area (Å²) in [5, 5.41) is 0. The molecule has 0 N–H and O–H groups in total. The summed E-state index contributed by atoms with van der Waals surface area (Å²) in [6, 6.07) is 0. The van der Waals surface area contributed by atoms with Gasteiger partial charge >= 0.3 is 18.1 Å². The van der Waals surface area contributed by atoms with Crippen LogP contribution in [0.4, 0.5) is 13.2 Å². The van der Waals surface area contributed by atoms with Gasteiger partial charge in [0.15, 0.2) is 6.61 Å². The van der Waals surface area contributed by atoms with Gasteiger partial charge in [-0.2, -0.15) is 13.2 Å². The third kappa shape index (κ3) is 6.45. The second-order valence-electron chi connectivity index (χ2n) is 2.85. The lowest BCUT2D eigenvalue weighted by molar-refractivity contribution is -0.159. The highest BCUT2D eigenvalue weighted by atomic mass is 19.4. The van der Waals surface area contributed by atoms with Crippen molar-refractivity contribution in [2.75, 3.05) is 19.7 Å². The number of carbonyl (C=O) groups excluding carboxylic acids is 2. The quantitative estimate of drug-likeness (QED) is 0.426. The van der Waals surface area contributed by atoms with Crippen molar-refractivity contribution in [2.24, 2.45) is 0 Å². The van der Waals surface area contributed by atoms with Gasteiger partial charge in [-0.25, -0.2) is 4.79 Å². The molecule has 4 nitrogen and oxygen atoms in total. The summed E-state index contributed by atoms with van der Waals surface area (Å²) in [7, 11) is 0. The van der Waals surface area contributed by atoms with Crippen LogP contribution in [-0.2, 0) is 14.3 Å². The van der Waals surface area contributed by atoms with E-state index in [0.29, 0.717) is 13.1 Å². The smallest absolute Gasteiger partial charge is 0.445 e. The highest BCUT2D eigenvalue weighted by Crippen LogP contribution is 2.11. The number of rotatable bonds is 3. The SMILES string of the molecule is CCN(CC)C(=O)C(=O)OCC#CC(F)(F)F. The van der Waals surface area contributed by atoms with E-state index in [1.807, 2.05) is 0 Å². The van der Waals surface area contributed by atoms with Gasteiger partial charge in [0.1, 0.15) is 0 Å². The van der Waals surface area contributed by atoms with Crippen LogP contribution in [0.3, 0.4) is 0 Å². The first-order valence-corrected chi connectivity index (χ1v) is 4.84. The van der Waals surface area contributed by atoms with E-state index in [0.717, 1.165) is 5.92 Å². The van der Waals surface area contributed by atoms with Gasteiger partial charge in [-0.05, 0) is 13.8 Å². The minimum atomic E-state index is -4.63. The monoisotopic (exact) mass is 251 g/mol. The normalized spacial score (nSPS) is 10.2. The molecule has 0 unspecified atom stereocenters. The lowest BCUT2D eigenvalue weighted by Crippen LogP contribution is -2.37. The average Bonchev–Trinajstić information content (AvgIpc) is 2.24. The van der Waals surface area contributed by atoms with Crippen LogP contribution in [-0.4, -0.2) is 42.6 Å². The number of carbonyl (C=O) groups is 2. The number of amides is 1. The van der Waals surface area contributed by atoms with Crippen molar-refractivity contribution in [3.8, 4) is 11.8 Å². The predicted octanol–water partition coefficient (Wildman–Crippen LogP) is 0.964. The molecule has 0 saturated heterocycles. The maximum atomic E-state index is 11.6. The van der Waals surface area contributed by atoms with E-state index in [9.17, 15) is 22.8 Å². The van der Waals surface area contributed by atoms with Crippen LogP contribution in [0, 0.1) is 11.8 Å². The molecule has 0 aromatic carbocycles. The molecule has 0 aliphatic rings. The van der Waals surface area contributed by atoms with Crippen molar-refractivity contribution in [2.45, 2.75) is 20.0 Å². The number of hydrogen-bond donors (Lipinski definition) is 0. The van der Waals surface area contributed by atoms with Crippen LogP contribution >= 0.6 is 0 Å². The number of hydrogen-bond acceptors (Lipinski definition) is 3. The third-order valence-corrected chi connectivity index (χ3v) is 1.73. The molecule has 0 aliphatic carbocycles. The lowest BCUT2D eigenvalue weighted by atomic mass is 10.4. The minimum absolute atomic E-state index is 0.318. The molecule has 0 atom stereocenters. The van der Waals surface area contributed by atoms with Gasteiger partial charge in [0.2, 0.25) is 0 Å².